The minimum atomic E-state index is -0.739. The minimum absolute atomic E-state index is 0.0997. The Morgan fingerprint density at radius 2 is 1.86 bits per heavy atom. The molecule has 0 bridgehead atoms. The molecule has 1 saturated carbocycles. The predicted molar refractivity (Wildman–Crippen MR) is 111 cm³/mol. The smallest absolute Gasteiger partial charge is 0.317 e. The second-order valence-electron chi connectivity index (χ2n) is 9.10. The zero-order chi connectivity index (χ0) is 20.3. The quantitative estimate of drug-likeness (QED) is 0.795. The van der Waals surface area contributed by atoms with Gasteiger partial charge in [0.25, 0.3) is 0 Å². The molecule has 1 aromatic carbocycles. The Balaban J connectivity index is 1.31. The second-order valence-corrected chi connectivity index (χ2v) is 9.10. The van der Waals surface area contributed by atoms with Crippen LogP contribution in [-0.2, 0) is 17.9 Å². The number of carbonyl (C=O) groups is 2. The van der Waals surface area contributed by atoms with Crippen molar-refractivity contribution < 1.29 is 14.7 Å². The molecule has 4 rings (SSSR count). The van der Waals surface area contributed by atoms with Crippen molar-refractivity contribution in [1.29, 1.82) is 0 Å². The molecule has 6 nitrogen and oxygen atoms in total. The Labute approximate surface area is 173 Å². The molecule has 0 aromatic heterocycles. The number of urea groups is 1. The van der Waals surface area contributed by atoms with E-state index in [4.69, 9.17) is 0 Å². The molecule has 2 aliphatic heterocycles. The highest BCUT2D eigenvalue weighted by molar-refractivity contribution is 5.80. The molecule has 2 heterocycles. The highest BCUT2D eigenvalue weighted by atomic mass is 16.4. The number of hydrogen-bond donors (Lipinski definition) is 2. The fourth-order valence-corrected chi connectivity index (χ4v) is 5.47. The topological polar surface area (TPSA) is 72.9 Å². The molecule has 3 aliphatic rings. The Kier molecular flexibility index (Phi) is 6.09. The van der Waals surface area contributed by atoms with Crippen LogP contribution in [0.3, 0.4) is 0 Å². The summed E-state index contributed by atoms with van der Waals surface area (Å²) in [5.74, 6) is -0.640. The Morgan fingerprint density at radius 1 is 1.10 bits per heavy atom. The van der Waals surface area contributed by atoms with Gasteiger partial charge in [0.05, 0.1) is 5.41 Å². The number of rotatable bonds is 5. The summed E-state index contributed by atoms with van der Waals surface area (Å²) in [6, 6.07) is 8.31. The lowest BCUT2D eigenvalue weighted by molar-refractivity contribution is -0.149. The monoisotopic (exact) mass is 399 g/mol. The summed E-state index contributed by atoms with van der Waals surface area (Å²) in [4.78, 5) is 28.7. The molecular weight excluding hydrogens is 366 g/mol. The summed E-state index contributed by atoms with van der Waals surface area (Å²) in [7, 11) is 0. The predicted octanol–water partition coefficient (Wildman–Crippen LogP) is 3.46. The van der Waals surface area contributed by atoms with Crippen LogP contribution in [0.4, 0.5) is 4.79 Å². The number of aliphatic carboxylic acids is 1. The van der Waals surface area contributed by atoms with Crippen LogP contribution in [0.15, 0.2) is 24.3 Å². The van der Waals surface area contributed by atoms with Crippen LogP contribution in [-0.4, -0.2) is 53.1 Å². The number of carboxylic acids is 1. The molecule has 0 spiro atoms. The SMILES string of the molecule is O=C(NCc1cccc(CN2CCCCCC2)c1)N1C[C@@H]2CCC[C@@]2(C(=O)O)C1. The molecule has 2 N–H and O–H groups in total. The van der Waals surface area contributed by atoms with Gasteiger partial charge in [-0.15, -0.1) is 0 Å². The van der Waals surface area contributed by atoms with E-state index in [-0.39, 0.29) is 11.9 Å². The number of likely N-dealkylation sites (tertiary alicyclic amines) is 2. The van der Waals surface area contributed by atoms with Gasteiger partial charge in [-0.1, -0.05) is 43.5 Å². The zero-order valence-corrected chi connectivity index (χ0v) is 17.2. The summed E-state index contributed by atoms with van der Waals surface area (Å²) in [5, 5.41) is 12.7. The number of benzene rings is 1. The first-order valence-corrected chi connectivity index (χ1v) is 11.1. The first kappa shape index (κ1) is 20.2. The summed E-state index contributed by atoms with van der Waals surface area (Å²) in [6.07, 6.45) is 7.79. The first-order chi connectivity index (χ1) is 14.1. The highest BCUT2D eigenvalue weighted by Crippen LogP contribution is 2.48. The number of hydrogen-bond acceptors (Lipinski definition) is 3. The molecule has 2 atom stereocenters. The van der Waals surface area contributed by atoms with Crippen LogP contribution in [0.1, 0.15) is 56.1 Å². The van der Waals surface area contributed by atoms with Crippen molar-refractivity contribution in [2.24, 2.45) is 11.3 Å². The van der Waals surface area contributed by atoms with E-state index in [1.807, 2.05) is 6.07 Å². The second kappa shape index (κ2) is 8.74. The number of carboxylic acid groups (broad SMARTS) is 1. The van der Waals surface area contributed by atoms with Crippen LogP contribution in [0.25, 0.3) is 0 Å². The van der Waals surface area contributed by atoms with Crippen molar-refractivity contribution in [3.63, 3.8) is 0 Å². The third kappa shape index (κ3) is 4.42. The third-order valence-corrected chi connectivity index (χ3v) is 7.12. The van der Waals surface area contributed by atoms with Gasteiger partial charge in [-0.2, -0.15) is 0 Å². The van der Waals surface area contributed by atoms with E-state index in [0.717, 1.165) is 24.9 Å². The van der Waals surface area contributed by atoms with Crippen molar-refractivity contribution in [2.45, 2.75) is 58.0 Å². The molecule has 6 heteroatoms. The maximum absolute atomic E-state index is 12.7. The van der Waals surface area contributed by atoms with Crippen LogP contribution >= 0.6 is 0 Å². The third-order valence-electron chi connectivity index (χ3n) is 7.12. The minimum Gasteiger partial charge on any atom is -0.481 e. The molecule has 2 saturated heterocycles. The standard InChI is InChI=1S/C23H33N3O3/c27-21(28)23-10-6-9-20(23)16-26(17-23)22(29)24-14-18-7-5-8-19(13-18)15-25-11-3-1-2-4-12-25/h5,7-8,13,20H,1-4,6,9-12,14-17H2,(H,24,29)(H,27,28)/t20-,23+/m0/s1. The van der Waals surface area contributed by atoms with Crippen molar-refractivity contribution in [1.82, 2.24) is 15.1 Å². The molecule has 2 amide bonds. The van der Waals surface area contributed by atoms with E-state index in [1.54, 1.807) is 4.90 Å². The molecule has 0 unspecified atom stereocenters. The number of nitrogens with zero attached hydrogens (tertiary/aromatic N) is 2. The van der Waals surface area contributed by atoms with Crippen LogP contribution in [0, 0.1) is 11.3 Å². The normalized spacial score (nSPS) is 27.4. The Hall–Kier alpha value is -2.08. The molecule has 158 valence electrons. The van der Waals surface area contributed by atoms with E-state index >= 15 is 0 Å². The van der Waals surface area contributed by atoms with Crippen molar-refractivity contribution in [3.05, 3.63) is 35.4 Å². The van der Waals surface area contributed by atoms with E-state index < -0.39 is 11.4 Å². The van der Waals surface area contributed by atoms with Gasteiger partial charge in [0.1, 0.15) is 0 Å². The van der Waals surface area contributed by atoms with Gasteiger partial charge in [0.2, 0.25) is 0 Å². The van der Waals surface area contributed by atoms with Gasteiger partial charge >= 0.3 is 12.0 Å². The highest BCUT2D eigenvalue weighted by Gasteiger charge is 2.55. The Morgan fingerprint density at radius 3 is 2.59 bits per heavy atom. The lowest BCUT2D eigenvalue weighted by atomic mass is 9.81. The van der Waals surface area contributed by atoms with E-state index in [2.05, 4.69) is 28.4 Å². The maximum atomic E-state index is 12.7. The van der Waals surface area contributed by atoms with Crippen molar-refractivity contribution in [2.75, 3.05) is 26.2 Å². The number of fused-ring (bicyclic) bond motifs is 1. The molecular formula is C23H33N3O3. The van der Waals surface area contributed by atoms with Crippen LogP contribution in [0.5, 0.6) is 0 Å². The van der Waals surface area contributed by atoms with E-state index in [1.165, 1.54) is 44.3 Å². The lowest BCUT2D eigenvalue weighted by Gasteiger charge is -2.23. The largest absolute Gasteiger partial charge is 0.481 e. The fourth-order valence-electron chi connectivity index (χ4n) is 5.47. The summed E-state index contributed by atoms with van der Waals surface area (Å²) in [5.41, 5.74) is 1.67. The number of carbonyl (C=O) groups excluding carboxylic acids is 1. The van der Waals surface area contributed by atoms with Gasteiger partial charge in [0, 0.05) is 26.2 Å². The van der Waals surface area contributed by atoms with Crippen molar-refractivity contribution in [3.8, 4) is 0 Å². The lowest BCUT2D eigenvalue weighted by Crippen LogP contribution is -2.41. The molecule has 1 aromatic rings. The van der Waals surface area contributed by atoms with E-state index in [9.17, 15) is 14.7 Å². The average molecular weight is 400 g/mol. The van der Waals surface area contributed by atoms with E-state index in [0.29, 0.717) is 26.1 Å². The van der Waals surface area contributed by atoms with Crippen molar-refractivity contribution >= 4 is 12.0 Å². The molecule has 3 fully saturated rings. The number of nitrogens with one attached hydrogen (secondary N) is 1. The van der Waals surface area contributed by atoms with Gasteiger partial charge < -0.3 is 15.3 Å². The maximum Gasteiger partial charge on any atom is 0.317 e. The summed E-state index contributed by atoms with van der Waals surface area (Å²) >= 11 is 0. The fraction of sp³-hybridized carbons (Fsp3) is 0.652. The van der Waals surface area contributed by atoms with Crippen LogP contribution < -0.4 is 5.32 Å². The number of amides is 2. The van der Waals surface area contributed by atoms with Crippen LogP contribution in [0.2, 0.25) is 0 Å². The van der Waals surface area contributed by atoms with Gasteiger partial charge in [0.15, 0.2) is 0 Å². The van der Waals surface area contributed by atoms with Gasteiger partial charge in [-0.05, 0) is 55.8 Å². The molecule has 1 aliphatic carbocycles. The molecule has 0 radical (unpaired) electrons. The Bertz CT molecular complexity index is 745. The molecule has 29 heavy (non-hydrogen) atoms. The average Bonchev–Trinajstić information content (AvgIpc) is 3.17. The first-order valence-electron chi connectivity index (χ1n) is 11.1. The zero-order valence-electron chi connectivity index (χ0n) is 17.2. The summed E-state index contributed by atoms with van der Waals surface area (Å²) < 4.78 is 0. The van der Waals surface area contributed by atoms with Gasteiger partial charge in [-0.3, -0.25) is 9.69 Å². The summed E-state index contributed by atoms with van der Waals surface area (Å²) in [6.45, 7) is 4.69. The van der Waals surface area contributed by atoms with Gasteiger partial charge in [-0.25, -0.2) is 4.79 Å².